The fourth-order valence-electron chi connectivity index (χ4n) is 2.19. The number of benzene rings is 1. The fourth-order valence-corrected chi connectivity index (χ4v) is 2.19. The summed E-state index contributed by atoms with van der Waals surface area (Å²) in [5, 5.41) is 6.56. The van der Waals surface area contributed by atoms with E-state index in [0.717, 1.165) is 24.1 Å². The van der Waals surface area contributed by atoms with Crippen LogP contribution < -0.4 is 10.6 Å². The second-order valence-electron chi connectivity index (χ2n) is 5.55. The van der Waals surface area contributed by atoms with Crippen molar-refractivity contribution < 1.29 is 4.79 Å². The standard InChI is InChI=1S/C15H20N2O/c1-10-5-6-11(15(18)17-13-7-8-13)9-14(10)16-12-3-2-4-12/h5-6,9,12-13,16H,2-4,7-8H2,1H3,(H,17,18). The van der Waals surface area contributed by atoms with Crippen LogP contribution in [0.25, 0.3) is 0 Å². The van der Waals surface area contributed by atoms with E-state index in [0.29, 0.717) is 12.1 Å². The van der Waals surface area contributed by atoms with Crippen molar-refractivity contribution in [2.75, 3.05) is 5.32 Å². The minimum atomic E-state index is 0.0640. The molecule has 0 atom stereocenters. The van der Waals surface area contributed by atoms with E-state index in [1.54, 1.807) is 0 Å². The van der Waals surface area contributed by atoms with Gasteiger partial charge in [-0.3, -0.25) is 4.79 Å². The second kappa shape index (κ2) is 4.63. The van der Waals surface area contributed by atoms with Crippen molar-refractivity contribution in [3.8, 4) is 0 Å². The van der Waals surface area contributed by atoms with Gasteiger partial charge in [0.05, 0.1) is 0 Å². The summed E-state index contributed by atoms with van der Waals surface area (Å²) in [5.74, 6) is 0.0640. The Labute approximate surface area is 108 Å². The van der Waals surface area contributed by atoms with Crippen molar-refractivity contribution in [3.05, 3.63) is 29.3 Å². The lowest BCUT2D eigenvalue weighted by Gasteiger charge is -2.28. The maximum Gasteiger partial charge on any atom is 0.251 e. The van der Waals surface area contributed by atoms with Crippen LogP contribution in [0.2, 0.25) is 0 Å². The van der Waals surface area contributed by atoms with E-state index < -0.39 is 0 Å². The summed E-state index contributed by atoms with van der Waals surface area (Å²) < 4.78 is 0. The highest BCUT2D eigenvalue weighted by Gasteiger charge is 2.24. The highest BCUT2D eigenvalue weighted by molar-refractivity contribution is 5.95. The monoisotopic (exact) mass is 244 g/mol. The number of carbonyl (C=O) groups is 1. The molecule has 0 radical (unpaired) electrons. The zero-order valence-corrected chi connectivity index (χ0v) is 10.8. The van der Waals surface area contributed by atoms with E-state index in [4.69, 9.17) is 0 Å². The normalized spacial score (nSPS) is 19.2. The van der Waals surface area contributed by atoms with Crippen LogP contribution in [0.5, 0.6) is 0 Å². The molecule has 1 aromatic rings. The smallest absolute Gasteiger partial charge is 0.251 e. The summed E-state index contributed by atoms with van der Waals surface area (Å²) >= 11 is 0. The first-order chi connectivity index (χ1) is 8.72. The number of anilines is 1. The Balaban J connectivity index is 1.73. The Morgan fingerprint density at radius 3 is 2.56 bits per heavy atom. The Morgan fingerprint density at radius 1 is 1.17 bits per heavy atom. The second-order valence-corrected chi connectivity index (χ2v) is 5.55. The summed E-state index contributed by atoms with van der Waals surface area (Å²) in [7, 11) is 0. The van der Waals surface area contributed by atoms with Crippen LogP contribution in [-0.2, 0) is 0 Å². The third-order valence-electron chi connectivity index (χ3n) is 3.88. The maximum atomic E-state index is 12.0. The summed E-state index contributed by atoms with van der Waals surface area (Å²) in [4.78, 5) is 12.0. The van der Waals surface area contributed by atoms with Crippen molar-refractivity contribution in [3.63, 3.8) is 0 Å². The fraction of sp³-hybridized carbons (Fsp3) is 0.533. The molecule has 2 fully saturated rings. The first-order valence-corrected chi connectivity index (χ1v) is 6.90. The molecule has 3 rings (SSSR count). The average Bonchev–Trinajstić information content (AvgIpc) is 3.09. The van der Waals surface area contributed by atoms with Crippen LogP contribution in [-0.4, -0.2) is 18.0 Å². The Bertz CT molecular complexity index is 462. The van der Waals surface area contributed by atoms with Crippen molar-refractivity contribution >= 4 is 11.6 Å². The molecule has 0 aromatic heterocycles. The summed E-state index contributed by atoms with van der Waals surface area (Å²) in [6.07, 6.45) is 6.07. The van der Waals surface area contributed by atoms with Crippen LogP contribution in [0.3, 0.4) is 0 Å². The summed E-state index contributed by atoms with van der Waals surface area (Å²) in [6, 6.07) is 6.96. The van der Waals surface area contributed by atoms with Crippen LogP contribution in [0, 0.1) is 6.92 Å². The molecule has 0 saturated heterocycles. The van der Waals surface area contributed by atoms with Crippen LogP contribution in [0.4, 0.5) is 5.69 Å². The number of carbonyl (C=O) groups excluding carboxylic acids is 1. The molecule has 1 aromatic carbocycles. The topological polar surface area (TPSA) is 41.1 Å². The van der Waals surface area contributed by atoms with Gasteiger partial charge in [-0.2, -0.15) is 0 Å². The zero-order chi connectivity index (χ0) is 12.5. The molecule has 0 heterocycles. The number of rotatable bonds is 4. The SMILES string of the molecule is Cc1ccc(C(=O)NC2CC2)cc1NC1CCC1. The predicted molar refractivity (Wildman–Crippen MR) is 72.9 cm³/mol. The quantitative estimate of drug-likeness (QED) is 0.855. The highest BCUT2D eigenvalue weighted by Crippen LogP contribution is 2.26. The molecule has 2 N–H and O–H groups in total. The minimum Gasteiger partial charge on any atom is -0.382 e. The molecule has 0 unspecified atom stereocenters. The van der Waals surface area contributed by atoms with E-state index in [-0.39, 0.29) is 5.91 Å². The molecule has 3 nitrogen and oxygen atoms in total. The number of nitrogens with one attached hydrogen (secondary N) is 2. The number of hydrogen-bond acceptors (Lipinski definition) is 2. The molecule has 3 heteroatoms. The number of aryl methyl sites for hydroxylation is 1. The molecular weight excluding hydrogens is 224 g/mol. The highest BCUT2D eigenvalue weighted by atomic mass is 16.1. The van der Waals surface area contributed by atoms with Gasteiger partial charge < -0.3 is 10.6 Å². The molecule has 0 aliphatic heterocycles. The lowest BCUT2D eigenvalue weighted by atomic mass is 9.92. The largest absolute Gasteiger partial charge is 0.382 e. The Kier molecular flexibility index (Phi) is 2.98. The Hall–Kier alpha value is -1.51. The molecule has 2 saturated carbocycles. The van der Waals surface area contributed by atoms with Crippen LogP contribution >= 0.6 is 0 Å². The first-order valence-electron chi connectivity index (χ1n) is 6.90. The van der Waals surface area contributed by atoms with Crippen molar-refractivity contribution in [2.45, 2.75) is 51.1 Å². The van der Waals surface area contributed by atoms with Gasteiger partial charge >= 0.3 is 0 Å². The van der Waals surface area contributed by atoms with Gasteiger partial charge in [-0.25, -0.2) is 0 Å². The molecule has 18 heavy (non-hydrogen) atoms. The first kappa shape index (κ1) is 11.6. The van der Waals surface area contributed by atoms with Crippen molar-refractivity contribution in [2.24, 2.45) is 0 Å². The van der Waals surface area contributed by atoms with Gasteiger partial charge in [-0.15, -0.1) is 0 Å². The van der Waals surface area contributed by atoms with Crippen LogP contribution in [0.15, 0.2) is 18.2 Å². The van der Waals surface area contributed by atoms with E-state index >= 15 is 0 Å². The number of hydrogen-bond donors (Lipinski definition) is 2. The lowest BCUT2D eigenvalue weighted by Crippen LogP contribution is -2.28. The maximum absolute atomic E-state index is 12.0. The third-order valence-corrected chi connectivity index (χ3v) is 3.88. The molecule has 2 aliphatic rings. The third kappa shape index (κ3) is 2.50. The molecule has 2 aliphatic carbocycles. The predicted octanol–water partition coefficient (Wildman–Crippen LogP) is 2.85. The van der Waals surface area contributed by atoms with Gasteiger partial charge in [0, 0.05) is 23.3 Å². The molecule has 96 valence electrons. The molecule has 0 bridgehead atoms. The van der Waals surface area contributed by atoms with Crippen molar-refractivity contribution in [1.82, 2.24) is 5.32 Å². The van der Waals surface area contributed by atoms with Gasteiger partial charge in [-0.05, 0) is 56.7 Å². The van der Waals surface area contributed by atoms with E-state index in [2.05, 4.69) is 17.6 Å². The van der Waals surface area contributed by atoms with Gasteiger partial charge in [-0.1, -0.05) is 6.07 Å². The van der Waals surface area contributed by atoms with Gasteiger partial charge in [0.25, 0.3) is 5.91 Å². The van der Waals surface area contributed by atoms with E-state index in [1.165, 1.54) is 24.8 Å². The molecule has 1 amide bonds. The van der Waals surface area contributed by atoms with Gasteiger partial charge in [0.15, 0.2) is 0 Å². The lowest BCUT2D eigenvalue weighted by molar-refractivity contribution is 0.0951. The summed E-state index contributed by atoms with van der Waals surface area (Å²) in [6.45, 7) is 2.09. The van der Waals surface area contributed by atoms with Gasteiger partial charge in [0.1, 0.15) is 0 Å². The summed E-state index contributed by atoms with van der Waals surface area (Å²) in [5.41, 5.74) is 3.10. The molecule has 0 spiro atoms. The van der Waals surface area contributed by atoms with Crippen LogP contribution in [0.1, 0.15) is 48.0 Å². The van der Waals surface area contributed by atoms with Crippen molar-refractivity contribution in [1.29, 1.82) is 0 Å². The Morgan fingerprint density at radius 2 is 1.94 bits per heavy atom. The van der Waals surface area contributed by atoms with Gasteiger partial charge in [0.2, 0.25) is 0 Å². The minimum absolute atomic E-state index is 0.0640. The van der Waals surface area contributed by atoms with E-state index in [9.17, 15) is 4.79 Å². The zero-order valence-electron chi connectivity index (χ0n) is 10.8. The average molecular weight is 244 g/mol. The number of amides is 1. The van der Waals surface area contributed by atoms with E-state index in [1.807, 2.05) is 18.2 Å². The molecular formula is C15H20N2O.